The lowest BCUT2D eigenvalue weighted by molar-refractivity contribution is -0.139. The number of hydrazine groups is 1. The molecule has 0 bridgehead atoms. The summed E-state index contributed by atoms with van der Waals surface area (Å²) < 4.78 is 1.20. The number of carbonyl (C=O) groups is 1. The molecule has 0 spiro atoms. The SMILES string of the molecule is O=C(C1CCCC2CNNC21)N1CCC(c2nc3cc(Cl)ccc3s2)CC1. The normalized spacial score (nSPS) is 29.2. The average Bonchev–Trinajstić information content (AvgIpc) is 3.33. The van der Waals surface area contributed by atoms with E-state index in [9.17, 15) is 4.79 Å². The first-order valence-electron chi connectivity index (χ1n) is 10.0. The first-order chi connectivity index (χ1) is 13.2. The molecule has 1 aromatic heterocycles. The molecule has 7 heteroatoms. The van der Waals surface area contributed by atoms with Crippen molar-refractivity contribution in [3.8, 4) is 0 Å². The summed E-state index contributed by atoms with van der Waals surface area (Å²) in [4.78, 5) is 20.1. The third-order valence-corrected chi connectivity index (χ3v) is 7.94. The van der Waals surface area contributed by atoms with Crippen LogP contribution in [0.15, 0.2) is 18.2 Å². The van der Waals surface area contributed by atoms with Crippen molar-refractivity contribution in [2.24, 2.45) is 11.8 Å². The standard InChI is InChI=1S/C20H25ClN4OS/c21-14-4-5-17-16(10-14)23-19(27-17)12-6-8-25(9-7-12)20(26)15-3-1-2-13-11-22-24-18(13)15/h4-5,10,12-13,15,18,22,24H,1-3,6-9,11H2. The molecule has 27 heavy (non-hydrogen) atoms. The molecular formula is C20H25ClN4OS. The Morgan fingerprint density at radius 3 is 2.93 bits per heavy atom. The van der Waals surface area contributed by atoms with Crippen molar-refractivity contribution in [1.82, 2.24) is 20.7 Å². The van der Waals surface area contributed by atoms with Crippen molar-refractivity contribution < 1.29 is 4.79 Å². The third-order valence-electron chi connectivity index (χ3n) is 6.50. The number of hydrogen-bond acceptors (Lipinski definition) is 5. The van der Waals surface area contributed by atoms with E-state index >= 15 is 0 Å². The fraction of sp³-hybridized carbons (Fsp3) is 0.600. The smallest absolute Gasteiger partial charge is 0.227 e. The number of likely N-dealkylation sites (tertiary alicyclic amines) is 1. The Kier molecular flexibility index (Phi) is 4.84. The number of carbonyl (C=O) groups excluding carboxylic acids is 1. The van der Waals surface area contributed by atoms with Crippen LogP contribution >= 0.6 is 22.9 Å². The maximum absolute atomic E-state index is 13.1. The number of halogens is 1. The molecule has 5 nitrogen and oxygen atoms in total. The number of nitrogens with zero attached hydrogens (tertiary/aromatic N) is 2. The molecular weight excluding hydrogens is 380 g/mol. The van der Waals surface area contributed by atoms with E-state index in [1.165, 1.54) is 22.5 Å². The van der Waals surface area contributed by atoms with Gasteiger partial charge in [0.15, 0.2) is 0 Å². The number of hydrogen-bond donors (Lipinski definition) is 2. The molecule has 2 saturated heterocycles. The van der Waals surface area contributed by atoms with Gasteiger partial charge in [0, 0.05) is 36.6 Å². The van der Waals surface area contributed by atoms with Crippen LogP contribution in [0.25, 0.3) is 10.2 Å². The second-order valence-electron chi connectivity index (χ2n) is 8.11. The highest BCUT2D eigenvalue weighted by molar-refractivity contribution is 7.18. The van der Waals surface area contributed by atoms with E-state index in [1.807, 2.05) is 12.1 Å². The van der Waals surface area contributed by atoms with Gasteiger partial charge >= 0.3 is 0 Å². The van der Waals surface area contributed by atoms with Gasteiger partial charge in [-0.2, -0.15) is 0 Å². The van der Waals surface area contributed by atoms with Crippen molar-refractivity contribution >= 4 is 39.1 Å². The van der Waals surface area contributed by atoms with Crippen molar-refractivity contribution in [2.75, 3.05) is 19.6 Å². The summed E-state index contributed by atoms with van der Waals surface area (Å²) in [6, 6.07) is 6.24. The number of rotatable bonds is 2. The zero-order valence-electron chi connectivity index (χ0n) is 15.3. The number of fused-ring (bicyclic) bond motifs is 2. The van der Waals surface area contributed by atoms with Gasteiger partial charge in [-0.05, 0) is 49.8 Å². The minimum Gasteiger partial charge on any atom is -0.342 e. The van der Waals surface area contributed by atoms with E-state index < -0.39 is 0 Å². The van der Waals surface area contributed by atoms with Gasteiger partial charge in [-0.3, -0.25) is 15.6 Å². The molecule has 5 rings (SSSR count). The maximum Gasteiger partial charge on any atom is 0.227 e. The lowest BCUT2D eigenvalue weighted by Gasteiger charge is -2.38. The molecule has 3 atom stereocenters. The topological polar surface area (TPSA) is 57.3 Å². The van der Waals surface area contributed by atoms with Gasteiger partial charge in [-0.15, -0.1) is 11.3 Å². The first kappa shape index (κ1) is 17.9. The Morgan fingerprint density at radius 2 is 2.07 bits per heavy atom. The Labute approximate surface area is 168 Å². The number of benzene rings is 1. The number of amides is 1. The van der Waals surface area contributed by atoms with E-state index in [0.29, 0.717) is 23.8 Å². The molecule has 2 N–H and O–H groups in total. The second kappa shape index (κ2) is 7.32. The van der Waals surface area contributed by atoms with E-state index in [1.54, 1.807) is 11.3 Å². The summed E-state index contributed by atoms with van der Waals surface area (Å²) in [6.07, 6.45) is 5.44. The van der Waals surface area contributed by atoms with Gasteiger partial charge in [0.2, 0.25) is 5.91 Å². The Hall–Kier alpha value is -1.21. The number of nitrogens with one attached hydrogen (secondary N) is 2. The molecule has 1 amide bonds. The van der Waals surface area contributed by atoms with E-state index in [4.69, 9.17) is 16.6 Å². The summed E-state index contributed by atoms with van der Waals surface area (Å²) in [5, 5.41) is 1.93. The summed E-state index contributed by atoms with van der Waals surface area (Å²) >= 11 is 7.86. The van der Waals surface area contributed by atoms with E-state index in [-0.39, 0.29) is 5.92 Å². The molecule has 1 saturated carbocycles. The highest BCUT2D eigenvalue weighted by atomic mass is 35.5. The predicted octanol–water partition coefficient (Wildman–Crippen LogP) is 3.55. The van der Waals surface area contributed by atoms with Gasteiger partial charge in [0.05, 0.1) is 21.1 Å². The van der Waals surface area contributed by atoms with Gasteiger partial charge < -0.3 is 4.90 Å². The van der Waals surface area contributed by atoms with Crippen LogP contribution in [0.5, 0.6) is 0 Å². The molecule has 3 heterocycles. The fourth-order valence-corrected chi connectivity index (χ4v) is 6.28. The number of thiazole rings is 1. The van der Waals surface area contributed by atoms with Crippen LogP contribution in [-0.4, -0.2) is 41.5 Å². The molecule has 2 aliphatic heterocycles. The van der Waals surface area contributed by atoms with E-state index in [2.05, 4.69) is 21.8 Å². The summed E-state index contributed by atoms with van der Waals surface area (Å²) in [7, 11) is 0. The predicted molar refractivity (Wildman–Crippen MR) is 109 cm³/mol. The quantitative estimate of drug-likeness (QED) is 0.803. The van der Waals surface area contributed by atoms with Gasteiger partial charge in [-0.1, -0.05) is 18.0 Å². The largest absolute Gasteiger partial charge is 0.342 e. The van der Waals surface area contributed by atoms with Crippen molar-refractivity contribution in [2.45, 2.75) is 44.1 Å². The first-order valence-corrected chi connectivity index (χ1v) is 11.2. The molecule has 3 fully saturated rings. The Balaban J connectivity index is 1.24. The van der Waals surface area contributed by atoms with Crippen LogP contribution in [0.2, 0.25) is 5.02 Å². The fourth-order valence-electron chi connectivity index (χ4n) is 4.99. The number of aromatic nitrogens is 1. The molecule has 3 aliphatic rings. The van der Waals surface area contributed by atoms with Gasteiger partial charge in [-0.25, -0.2) is 4.98 Å². The van der Waals surface area contributed by atoms with Crippen molar-refractivity contribution in [1.29, 1.82) is 0 Å². The maximum atomic E-state index is 13.1. The van der Waals surface area contributed by atoms with Crippen LogP contribution < -0.4 is 10.9 Å². The van der Waals surface area contributed by atoms with E-state index in [0.717, 1.165) is 49.4 Å². The monoisotopic (exact) mass is 404 g/mol. The molecule has 1 aliphatic carbocycles. The highest BCUT2D eigenvalue weighted by Gasteiger charge is 2.42. The van der Waals surface area contributed by atoms with Gasteiger partial charge in [0.25, 0.3) is 0 Å². The van der Waals surface area contributed by atoms with Crippen molar-refractivity contribution in [3.63, 3.8) is 0 Å². The molecule has 3 unspecified atom stereocenters. The Morgan fingerprint density at radius 1 is 1.22 bits per heavy atom. The van der Waals surface area contributed by atoms with Crippen LogP contribution in [-0.2, 0) is 4.79 Å². The zero-order valence-corrected chi connectivity index (χ0v) is 16.9. The molecule has 1 aromatic carbocycles. The average molecular weight is 405 g/mol. The molecule has 2 aromatic rings. The minimum atomic E-state index is 0.139. The molecule has 0 radical (unpaired) electrons. The van der Waals surface area contributed by atoms with Crippen LogP contribution in [0, 0.1) is 11.8 Å². The summed E-state index contributed by atoms with van der Waals surface area (Å²) in [5.74, 6) is 1.56. The summed E-state index contributed by atoms with van der Waals surface area (Å²) in [5.41, 5.74) is 7.62. The van der Waals surface area contributed by atoms with Crippen LogP contribution in [0.3, 0.4) is 0 Å². The van der Waals surface area contributed by atoms with Gasteiger partial charge in [0.1, 0.15) is 0 Å². The Bertz CT molecular complexity index is 848. The zero-order chi connectivity index (χ0) is 18.4. The lowest BCUT2D eigenvalue weighted by Crippen LogP contribution is -2.50. The second-order valence-corrected chi connectivity index (χ2v) is 9.61. The molecule has 144 valence electrons. The lowest BCUT2D eigenvalue weighted by atomic mass is 9.77. The third kappa shape index (κ3) is 3.37. The van der Waals surface area contributed by atoms with Crippen LogP contribution in [0.4, 0.5) is 0 Å². The number of piperidine rings is 1. The highest BCUT2D eigenvalue weighted by Crippen LogP contribution is 2.37. The van der Waals surface area contributed by atoms with Crippen LogP contribution in [0.1, 0.15) is 43.0 Å². The minimum absolute atomic E-state index is 0.139. The van der Waals surface area contributed by atoms with Crippen molar-refractivity contribution in [3.05, 3.63) is 28.2 Å². The summed E-state index contributed by atoms with van der Waals surface area (Å²) in [6.45, 7) is 2.70.